The zero-order chi connectivity index (χ0) is 19.8. The third-order valence-corrected chi connectivity index (χ3v) is 3.97. The number of hydrogen-bond acceptors (Lipinski definition) is 4. The molecule has 3 aromatic rings. The van der Waals surface area contributed by atoms with Gasteiger partial charge >= 0.3 is 11.8 Å². The first kappa shape index (κ1) is 19.1. The highest BCUT2D eigenvalue weighted by Crippen LogP contribution is 2.23. The summed E-state index contributed by atoms with van der Waals surface area (Å²) in [5.41, 5.74) is 2.62. The molecule has 28 heavy (non-hydrogen) atoms. The van der Waals surface area contributed by atoms with Gasteiger partial charge in [0.1, 0.15) is 11.5 Å². The number of aryl methyl sites for hydroxylation is 1. The summed E-state index contributed by atoms with van der Waals surface area (Å²) in [6.45, 7) is 2.36. The summed E-state index contributed by atoms with van der Waals surface area (Å²) in [5.74, 6) is -0.00295. The van der Waals surface area contributed by atoms with E-state index in [9.17, 15) is 9.59 Å². The molecule has 0 aliphatic carbocycles. The highest BCUT2D eigenvalue weighted by Gasteiger charge is 2.13. The molecule has 2 aromatic carbocycles. The van der Waals surface area contributed by atoms with Gasteiger partial charge in [0.2, 0.25) is 0 Å². The van der Waals surface area contributed by atoms with E-state index in [4.69, 9.17) is 4.74 Å². The number of ether oxygens (including phenoxy) is 1. The van der Waals surface area contributed by atoms with Crippen molar-refractivity contribution in [2.45, 2.75) is 13.3 Å². The molecule has 0 unspecified atom stereocenters. The molecular weight excluding hydrogens is 354 g/mol. The average molecular weight is 375 g/mol. The van der Waals surface area contributed by atoms with E-state index in [-0.39, 0.29) is 0 Å². The Morgan fingerprint density at radius 1 is 0.964 bits per heavy atom. The Balaban J connectivity index is 1.47. The SMILES string of the molecule is Cc1cccc(Oc2ccc(NC(=O)C(=O)NCCc3cccnc3)cc2)c1. The lowest BCUT2D eigenvalue weighted by Crippen LogP contribution is -2.36. The molecule has 1 heterocycles. The zero-order valence-corrected chi connectivity index (χ0v) is 15.5. The molecule has 0 atom stereocenters. The molecular formula is C22H21N3O3. The lowest BCUT2D eigenvalue weighted by atomic mass is 10.2. The minimum absolute atomic E-state index is 0.362. The van der Waals surface area contributed by atoms with Crippen molar-refractivity contribution in [3.05, 3.63) is 84.2 Å². The number of amides is 2. The fourth-order valence-corrected chi connectivity index (χ4v) is 2.56. The number of pyridine rings is 1. The van der Waals surface area contributed by atoms with Gasteiger partial charge in [-0.05, 0) is 66.9 Å². The molecule has 0 saturated heterocycles. The van der Waals surface area contributed by atoms with Crippen molar-refractivity contribution in [1.82, 2.24) is 10.3 Å². The van der Waals surface area contributed by atoms with Gasteiger partial charge in [-0.25, -0.2) is 0 Å². The van der Waals surface area contributed by atoms with Crippen LogP contribution in [0.5, 0.6) is 11.5 Å². The number of aromatic nitrogens is 1. The molecule has 1 aromatic heterocycles. The topological polar surface area (TPSA) is 80.3 Å². The first-order chi connectivity index (χ1) is 13.6. The van der Waals surface area contributed by atoms with Crippen LogP contribution >= 0.6 is 0 Å². The Morgan fingerprint density at radius 2 is 1.79 bits per heavy atom. The normalized spacial score (nSPS) is 10.2. The fraction of sp³-hybridized carbons (Fsp3) is 0.136. The van der Waals surface area contributed by atoms with Gasteiger partial charge in [-0.3, -0.25) is 14.6 Å². The van der Waals surface area contributed by atoms with Crippen molar-refractivity contribution < 1.29 is 14.3 Å². The van der Waals surface area contributed by atoms with E-state index in [0.717, 1.165) is 16.9 Å². The number of nitrogens with one attached hydrogen (secondary N) is 2. The Hall–Kier alpha value is -3.67. The Labute approximate surface area is 163 Å². The third-order valence-electron chi connectivity index (χ3n) is 3.97. The van der Waals surface area contributed by atoms with Crippen molar-refractivity contribution in [2.24, 2.45) is 0 Å². The average Bonchev–Trinajstić information content (AvgIpc) is 2.70. The second kappa shape index (κ2) is 9.32. The van der Waals surface area contributed by atoms with Crippen LogP contribution < -0.4 is 15.4 Å². The number of rotatable bonds is 6. The van der Waals surface area contributed by atoms with Crippen molar-refractivity contribution in [2.75, 3.05) is 11.9 Å². The van der Waals surface area contributed by atoms with Gasteiger partial charge in [0.25, 0.3) is 0 Å². The first-order valence-electron chi connectivity index (χ1n) is 8.93. The maximum absolute atomic E-state index is 12.0. The third kappa shape index (κ3) is 5.67. The zero-order valence-electron chi connectivity index (χ0n) is 15.5. The van der Waals surface area contributed by atoms with Crippen molar-refractivity contribution >= 4 is 17.5 Å². The van der Waals surface area contributed by atoms with Crippen LogP contribution in [0.3, 0.4) is 0 Å². The van der Waals surface area contributed by atoms with Crippen molar-refractivity contribution in [3.8, 4) is 11.5 Å². The number of carbonyl (C=O) groups excluding carboxylic acids is 2. The van der Waals surface area contributed by atoms with Crippen LogP contribution in [0.1, 0.15) is 11.1 Å². The van der Waals surface area contributed by atoms with E-state index < -0.39 is 11.8 Å². The minimum atomic E-state index is -0.710. The van der Waals surface area contributed by atoms with Crippen LogP contribution in [-0.4, -0.2) is 23.3 Å². The number of hydrogen-bond donors (Lipinski definition) is 2. The smallest absolute Gasteiger partial charge is 0.313 e. The number of nitrogens with zero attached hydrogens (tertiary/aromatic N) is 1. The van der Waals surface area contributed by atoms with Crippen molar-refractivity contribution in [1.29, 1.82) is 0 Å². The number of carbonyl (C=O) groups is 2. The molecule has 142 valence electrons. The lowest BCUT2D eigenvalue weighted by Gasteiger charge is -2.09. The maximum atomic E-state index is 12.0. The van der Waals surface area contributed by atoms with E-state index in [2.05, 4.69) is 15.6 Å². The van der Waals surface area contributed by atoms with E-state index in [1.54, 1.807) is 36.7 Å². The van der Waals surface area contributed by atoms with E-state index in [1.807, 2.05) is 43.3 Å². The number of benzene rings is 2. The highest BCUT2D eigenvalue weighted by molar-refractivity contribution is 6.39. The Morgan fingerprint density at radius 3 is 2.50 bits per heavy atom. The summed E-state index contributed by atoms with van der Waals surface area (Å²) in [7, 11) is 0. The summed E-state index contributed by atoms with van der Waals surface area (Å²) in [5, 5.41) is 5.17. The molecule has 0 radical (unpaired) electrons. The predicted molar refractivity (Wildman–Crippen MR) is 107 cm³/mol. The van der Waals surface area contributed by atoms with Gasteiger partial charge in [0, 0.05) is 24.6 Å². The highest BCUT2D eigenvalue weighted by atomic mass is 16.5. The fourth-order valence-electron chi connectivity index (χ4n) is 2.56. The van der Waals surface area contributed by atoms with E-state index in [0.29, 0.717) is 24.4 Å². The van der Waals surface area contributed by atoms with Gasteiger partial charge in [0.05, 0.1) is 0 Å². The van der Waals surface area contributed by atoms with Gasteiger partial charge in [0.15, 0.2) is 0 Å². The molecule has 0 fully saturated rings. The summed E-state index contributed by atoms with van der Waals surface area (Å²) < 4.78 is 5.76. The van der Waals surface area contributed by atoms with Crippen LogP contribution in [0.15, 0.2) is 73.1 Å². The maximum Gasteiger partial charge on any atom is 0.313 e. The largest absolute Gasteiger partial charge is 0.457 e. The first-order valence-corrected chi connectivity index (χ1v) is 8.93. The van der Waals surface area contributed by atoms with Gasteiger partial charge in [-0.15, -0.1) is 0 Å². The number of anilines is 1. The molecule has 0 aliphatic heterocycles. The molecule has 3 rings (SSSR count). The second-order valence-electron chi connectivity index (χ2n) is 6.26. The molecule has 6 heteroatoms. The molecule has 0 spiro atoms. The molecule has 0 saturated carbocycles. The van der Waals surface area contributed by atoms with Crippen LogP contribution in [-0.2, 0) is 16.0 Å². The van der Waals surface area contributed by atoms with Crippen LogP contribution in [0.25, 0.3) is 0 Å². The molecule has 6 nitrogen and oxygen atoms in total. The summed E-state index contributed by atoms with van der Waals surface area (Å²) in [4.78, 5) is 27.9. The second-order valence-corrected chi connectivity index (χ2v) is 6.26. The molecule has 2 amide bonds. The summed E-state index contributed by atoms with van der Waals surface area (Å²) >= 11 is 0. The van der Waals surface area contributed by atoms with Crippen molar-refractivity contribution in [3.63, 3.8) is 0 Å². The molecule has 0 bridgehead atoms. The van der Waals surface area contributed by atoms with Gasteiger partial charge in [-0.2, -0.15) is 0 Å². The summed E-state index contributed by atoms with van der Waals surface area (Å²) in [6.07, 6.45) is 4.02. The van der Waals surface area contributed by atoms with Crippen LogP contribution in [0, 0.1) is 6.92 Å². The lowest BCUT2D eigenvalue weighted by molar-refractivity contribution is -0.136. The molecule has 0 aliphatic rings. The van der Waals surface area contributed by atoms with E-state index in [1.165, 1.54) is 0 Å². The van der Waals surface area contributed by atoms with Gasteiger partial charge in [-0.1, -0.05) is 18.2 Å². The minimum Gasteiger partial charge on any atom is -0.457 e. The van der Waals surface area contributed by atoms with Gasteiger partial charge < -0.3 is 15.4 Å². The predicted octanol–water partition coefficient (Wildman–Crippen LogP) is 3.48. The quantitative estimate of drug-likeness (QED) is 0.647. The van der Waals surface area contributed by atoms with Crippen LogP contribution in [0.2, 0.25) is 0 Å². The van der Waals surface area contributed by atoms with E-state index >= 15 is 0 Å². The molecule has 2 N–H and O–H groups in total. The monoisotopic (exact) mass is 375 g/mol. The van der Waals surface area contributed by atoms with Crippen LogP contribution in [0.4, 0.5) is 5.69 Å². The standard InChI is InChI=1S/C22H21N3O3/c1-16-4-2-6-20(14-16)28-19-9-7-18(8-10-19)25-22(27)21(26)24-13-11-17-5-3-12-23-15-17/h2-10,12,14-15H,11,13H2,1H3,(H,24,26)(H,25,27). The summed E-state index contributed by atoms with van der Waals surface area (Å²) in [6, 6.07) is 18.3. The Kier molecular flexibility index (Phi) is 6.36. The Bertz CT molecular complexity index is 941.